The maximum Gasteiger partial charge on any atom is 0.369 e. The van der Waals surface area contributed by atoms with E-state index in [1.165, 1.54) is 60.6 Å². The van der Waals surface area contributed by atoms with Crippen molar-refractivity contribution in [3.63, 3.8) is 0 Å². The molecule has 4 heterocycles. The molecule has 4 aromatic carbocycles. The summed E-state index contributed by atoms with van der Waals surface area (Å²) in [6.07, 6.45) is 6.29. The monoisotopic (exact) mass is 746 g/mol. The molecule has 0 spiro atoms. The molecule has 0 saturated heterocycles. The van der Waals surface area contributed by atoms with Crippen molar-refractivity contribution in [3.05, 3.63) is 133 Å². The molecule has 0 saturated carbocycles. The molecular weight excluding hydrogens is 671 g/mol. The average Bonchev–Trinajstić information content (AvgIpc) is 3.89. The van der Waals surface area contributed by atoms with Crippen LogP contribution in [0.5, 0.6) is 0 Å². The molecule has 0 N–H and O–H groups in total. The highest BCUT2D eigenvalue weighted by Gasteiger charge is 2.24. The third-order valence-electron chi connectivity index (χ3n) is 8.39. The minimum absolute atomic E-state index is 0. The summed E-state index contributed by atoms with van der Waals surface area (Å²) in [7, 11) is 6.29. The van der Waals surface area contributed by atoms with Crippen LogP contribution in [-0.4, -0.2) is 13.7 Å². The first kappa shape index (κ1) is 49.8. The van der Waals surface area contributed by atoms with Crippen molar-refractivity contribution < 1.29 is 9.13 Å². The van der Waals surface area contributed by atoms with Gasteiger partial charge in [0.25, 0.3) is 5.65 Å². The van der Waals surface area contributed by atoms with Crippen LogP contribution in [0.1, 0.15) is 102 Å². The number of benzene rings is 4. The standard InChI is InChI=1S/C19H17N2.C18H18N3.6C2H6.CH4/c1-14-8-3-5-11-17(14)21-18-12-6-4-9-15(18)16-10-7-13-20(2)19(16)21;1-13-7-6-9-15-14-8-4-5-10-16(14)21(17(13)15)18-19(2)11-12-20(18)3;6*1-2;/h3-13H,1-2H3;4-12H,1-3H3;6*1-2H3;1H4/q2*+1;;;;;;;. The van der Waals surface area contributed by atoms with E-state index in [0.717, 1.165) is 5.95 Å². The number of hydrogen-bond donors (Lipinski definition) is 0. The highest BCUT2D eigenvalue weighted by Crippen LogP contribution is 2.33. The van der Waals surface area contributed by atoms with Gasteiger partial charge in [0.1, 0.15) is 22.2 Å². The Morgan fingerprint density at radius 3 is 1.44 bits per heavy atom. The van der Waals surface area contributed by atoms with Crippen molar-refractivity contribution in [2.75, 3.05) is 0 Å². The van der Waals surface area contributed by atoms with E-state index < -0.39 is 0 Å². The summed E-state index contributed by atoms with van der Waals surface area (Å²) in [5.41, 5.74) is 8.84. The first-order valence-corrected chi connectivity index (χ1v) is 20.4. The molecule has 8 aromatic rings. The van der Waals surface area contributed by atoms with Gasteiger partial charge in [-0.2, -0.15) is 9.13 Å². The summed E-state index contributed by atoms with van der Waals surface area (Å²) in [4.78, 5) is 0. The Balaban J connectivity index is 0.000000823. The van der Waals surface area contributed by atoms with E-state index in [1.54, 1.807) is 0 Å². The Bertz CT molecular complexity index is 2240. The lowest BCUT2D eigenvalue weighted by Crippen LogP contribution is -2.32. The molecule has 55 heavy (non-hydrogen) atoms. The van der Waals surface area contributed by atoms with Gasteiger partial charge in [-0.3, -0.25) is 0 Å². The minimum Gasteiger partial charge on any atom is -0.237 e. The van der Waals surface area contributed by atoms with Gasteiger partial charge in [0.05, 0.1) is 45.1 Å². The van der Waals surface area contributed by atoms with Gasteiger partial charge in [0.2, 0.25) is 0 Å². The summed E-state index contributed by atoms with van der Waals surface area (Å²) in [6.45, 7) is 28.3. The van der Waals surface area contributed by atoms with Gasteiger partial charge in [-0.1, -0.05) is 157 Å². The normalized spacial score (nSPS) is 9.40. The lowest BCUT2D eigenvalue weighted by atomic mass is 10.1. The zero-order valence-electron chi connectivity index (χ0n) is 36.8. The van der Waals surface area contributed by atoms with E-state index in [4.69, 9.17) is 0 Å². The SMILES string of the molecule is C.CC.CC.CC.CC.CC.CC.Cc1cccc2c3ccccc3n(-c3n(C)cc[n+]3C)c12.Cc1ccccc1-n1c2ccccc2c2ccc[n+](C)c21. The second-order valence-corrected chi connectivity index (χ2v) is 11.1. The molecule has 8 rings (SSSR count). The number of imidazole rings is 1. The summed E-state index contributed by atoms with van der Waals surface area (Å²) in [5, 5.41) is 5.20. The van der Waals surface area contributed by atoms with Gasteiger partial charge in [-0.15, -0.1) is 0 Å². The highest BCUT2D eigenvalue weighted by molar-refractivity contribution is 6.10. The molecule has 0 amide bonds. The van der Waals surface area contributed by atoms with Crippen LogP contribution in [0.2, 0.25) is 0 Å². The lowest BCUT2D eigenvalue weighted by Gasteiger charge is -2.04. The second-order valence-electron chi connectivity index (χ2n) is 11.1. The van der Waals surface area contributed by atoms with Crippen molar-refractivity contribution in [2.24, 2.45) is 21.1 Å². The van der Waals surface area contributed by atoms with Gasteiger partial charge < -0.3 is 0 Å². The number of pyridine rings is 1. The summed E-state index contributed by atoms with van der Waals surface area (Å²) in [6, 6.07) is 36.6. The van der Waals surface area contributed by atoms with E-state index in [0.29, 0.717) is 0 Å². The van der Waals surface area contributed by atoms with Gasteiger partial charge in [-0.25, -0.2) is 13.7 Å². The first-order valence-electron chi connectivity index (χ1n) is 20.4. The molecule has 298 valence electrons. The van der Waals surface area contributed by atoms with Crippen molar-refractivity contribution in [2.45, 2.75) is 104 Å². The zero-order valence-corrected chi connectivity index (χ0v) is 36.8. The molecular formula is C50H75N5+2. The second kappa shape index (κ2) is 25.8. The molecule has 0 atom stereocenters. The third kappa shape index (κ3) is 10.5. The van der Waals surface area contributed by atoms with Crippen LogP contribution < -0.4 is 9.13 Å². The van der Waals surface area contributed by atoms with E-state index in [2.05, 4.69) is 180 Å². The largest absolute Gasteiger partial charge is 0.369 e. The summed E-state index contributed by atoms with van der Waals surface area (Å²) in [5.74, 6) is 1.16. The van der Waals surface area contributed by atoms with Crippen molar-refractivity contribution in [1.29, 1.82) is 0 Å². The molecule has 0 aliphatic carbocycles. The van der Waals surface area contributed by atoms with Crippen LogP contribution in [-0.2, 0) is 21.1 Å². The highest BCUT2D eigenvalue weighted by atomic mass is 15.3. The first-order chi connectivity index (χ1) is 26.5. The topological polar surface area (TPSA) is 22.5 Å². The number of rotatable bonds is 2. The van der Waals surface area contributed by atoms with Gasteiger partial charge in [0.15, 0.2) is 0 Å². The predicted molar refractivity (Wildman–Crippen MR) is 247 cm³/mol. The molecule has 0 aliphatic heterocycles. The Labute approximate surface area is 335 Å². The Hall–Kier alpha value is -5.16. The van der Waals surface area contributed by atoms with Crippen LogP contribution in [0.3, 0.4) is 0 Å². The van der Waals surface area contributed by atoms with Crippen LogP contribution in [0.25, 0.3) is 55.4 Å². The van der Waals surface area contributed by atoms with Gasteiger partial charge >= 0.3 is 5.95 Å². The van der Waals surface area contributed by atoms with Crippen molar-refractivity contribution in [1.82, 2.24) is 13.7 Å². The molecule has 4 aromatic heterocycles. The molecule has 0 aliphatic rings. The molecule has 5 heteroatoms. The van der Waals surface area contributed by atoms with Crippen LogP contribution in [0.15, 0.2) is 122 Å². The molecule has 0 fully saturated rings. The molecule has 5 nitrogen and oxygen atoms in total. The van der Waals surface area contributed by atoms with E-state index >= 15 is 0 Å². The van der Waals surface area contributed by atoms with E-state index in [1.807, 2.05) is 83.1 Å². The maximum atomic E-state index is 2.36. The fourth-order valence-electron chi connectivity index (χ4n) is 6.46. The van der Waals surface area contributed by atoms with Crippen LogP contribution in [0.4, 0.5) is 0 Å². The number of aromatic nitrogens is 5. The number of hydrogen-bond acceptors (Lipinski definition) is 0. The van der Waals surface area contributed by atoms with Gasteiger partial charge in [0, 0.05) is 16.2 Å². The van der Waals surface area contributed by atoms with Crippen molar-refractivity contribution in [3.8, 4) is 11.6 Å². The fraction of sp³-hybridized carbons (Fsp3) is 0.360. The quantitative estimate of drug-likeness (QED) is 0.157. The fourth-order valence-corrected chi connectivity index (χ4v) is 6.46. The van der Waals surface area contributed by atoms with Crippen LogP contribution >= 0.6 is 0 Å². The number of nitrogens with zero attached hydrogens (tertiary/aromatic N) is 5. The number of fused-ring (bicyclic) bond motifs is 6. The maximum absolute atomic E-state index is 2.36. The van der Waals surface area contributed by atoms with E-state index in [-0.39, 0.29) is 7.43 Å². The van der Waals surface area contributed by atoms with Crippen molar-refractivity contribution >= 4 is 43.7 Å². The lowest BCUT2D eigenvalue weighted by molar-refractivity contribution is -0.664. The molecule has 0 radical (unpaired) electrons. The van der Waals surface area contributed by atoms with Gasteiger partial charge in [-0.05, 0) is 61.4 Å². The zero-order chi connectivity index (χ0) is 41.0. The van der Waals surface area contributed by atoms with E-state index in [9.17, 15) is 0 Å². The average molecular weight is 746 g/mol. The van der Waals surface area contributed by atoms with Crippen LogP contribution in [0, 0.1) is 13.8 Å². The Morgan fingerprint density at radius 2 is 0.891 bits per heavy atom. The number of para-hydroxylation sites is 4. The Morgan fingerprint density at radius 1 is 0.436 bits per heavy atom. The third-order valence-corrected chi connectivity index (χ3v) is 8.39. The molecule has 0 bridgehead atoms. The summed E-state index contributed by atoms with van der Waals surface area (Å²) < 4.78 is 11.2. The number of aryl methyl sites for hydroxylation is 5. The predicted octanol–water partition coefficient (Wildman–Crippen LogP) is 14.0. The smallest absolute Gasteiger partial charge is 0.237 e. The summed E-state index contributed by atoms with van der Waals surface area (Å²) >= 11 is 0. The minimum atomic E-state index is 0. The molecule has 0 unspecified atom stereocenters. The Kier molecular flexibility index (Phi) is 23.4.